The number of nitrogens with zero attached hydrogens (tertiary/aromatic N) is 2. The van der Waals surface area contributed by atoms with Crippen molar-refractivity contribution in [3.63, 3.8) is 0 Å². The van der Waals surface area contributed by atoms with Crippen LogP contribution in [0.15, 0.2) is 65.8 Å². The Balaban J connectivity index is 1.31. The molecule has 2 heterocycles. The Labute approximate surface area is 212 Å². The minimum Gasteiger partial charge on any atom is -0.388 e. The third-order valence-corrected chi connectivity index (χ3v) is 9.68. The first-order valence-corrected chi connectivity index (χ1v) is 14.2. The van der Waals surface area contributed by atoms with E-state index >= 15 is 0 Å². The Morgan fingerprint density at radius 3 is 2.31 bits per heavy atom. The molecule has 2 fully saturated rings. The molecule has 1 amide bonds. The van der Waals surface area contributed by atoms with Crippen LogP contribution in [0.1, 0.15) is 43.2 Å². The van der Waals surface area contributed by atoms with Gasteiger partial charge in [0.2, 0.25) is 10.0 Å². The van der Waals surface area contributed by atoms with E-state index in [1.807, 2.05) is 60.7 Å². The van der Waals surface area contributed by atoms with Gasteiger partial charge in [0.15, 0.2) is 5.71 Å². The number of piperidine rings is 1. The van der Waals surface area contributed by atoms with Gasteiger partial charge in [-0.1, -0.05) is 72.2 Å². The molecule has 2 aliphatic heterocycles. The third-order valence-electron chi connectivity index (χ3n) is 7.83. The summed E-state index contributed by atoms with van der Waals surface area (Å²) >= 11 is 0. The van der Waals surface area contributed by atoms with E-state index < -0.39 is 21.5 Å². The van der Waals surface area contributed by atoms with Crippen LogP contribution in [0.5, 0.6) is 0 Å². The van der Waals surface area contributed by atoms with Gasteiger partial charge in [-0.3, -0.25) is 4.79 Å². The molecule has 2 N–H and O–H groups in total. The molecule has 192 valence electrons. The maximum absolute atomic E-state index is 13.1. The first-order chi connectivity index (χ1) is 17.4. The predicted molar refractivity (Wildman–Crippen MR) is 136 cm³/mol. The molecule has 36 heavy (non-hydrogen) atoms. The number of carbonyl (C=O) groups is 1. The fourth-order valence-corrected chi connectivity index (χ4v) is 7.57. The lowest BCUT2D eigenvalue weighted by molar-refractivity contribution is -0.113. The highest BCUT2D eigenvalue weighted by Gasteiger charge is 2.57. The van der Waals surface area contributed by atoms with Crippen molar-refractivity contribution < 1.29 is 22.8 Å². The Morgan fingerprint density at radius 1 is 1.03 bits per heavy atom. The SMILES string of the molecule is NC(=O)C1=NOC2(CCN(S(=O)(=O)Cc3ccccc3)CC2)C1C1CCCC1OCc1ccccc1. The van der Waals surface area contributed by atoms with Crippen LogP contribution in [0.3, 0.4) is 0 Å². The molecule has 2 aromatic rings. The minimum absolute atomic E-state index is 0.0355. The Hall–Kier alpha value is -2.75. The van der Waals surface area contributed by atoms with E-state index in [1.54, 1.807) is 0 Å². The smallest absolute Gasteiger partial charge is 0.266 e. The highest BCUT2D eigenvalue weighted by molar-refractivity contribution is 7.88. The molecule has 3 unspecified atom stereocenters. The average Bonchev–Trinajstić information content (AvgIpc) is 3.48. The monoisotopic (exact) mass is 511 g/mol. The summed E-state index contributed by atoms with van der Waals surface area (Å²) in [5.74, 6) is -0.886. The van der Waals surface area contributed by atoms with Gasteiger partial charge < -0.3 is 15.3 Å². The van der Waals surface area contributed by atoms with Gasteiger partial charge in [0.1, 0.15) is 5.60 Å². The first kappa shape index (κ1) is 24.9. The standard InChI is InChI=1S/C27H33N3O5S/c28-26(31)25-24(22-12-7-13-23(22)34-18-20-8-3-1-4-9-20)27(35-29-25)14-16-30(17-15-27)36(32,33)19-21-10-5-2-6-11-21/h1-6,8-11,22-24H,7,12-19H2,(H2,28,31). The van der Waals surface area contributed by atoms with E-state index in [-0.39, 0.29) is 29.4 Å². The number of nitrogens with two attached hydrogens (primary N) is 1. The number of carbonyl (C=O) groups excluding carboxylic acids is 1. The van der Waals surface area contributed by atoms with E-state index in [0.717, 1.165) is 30.4 Å². The van der Waals surface area contributed by atoms with Gasteiger partial charge in [-0.25, -0.2) is 12.7 Å². The Morgan fingerprint density at radius 2 is 1.67 bits per heavy atom. The van der Waals surface area contributed by atoms with Crippen molar-refractivity contribution in [3.05, 3.63) is 71.8 Å². The van der Waals surface area contributed by atoms with Crippen molar-refractivity contribution in [3.8, 4) is 0 Å². The normalized spacial score (nSPS) is 26.0. The van der Waals surface area contributed by atoms with Crippen LogP contribution < -0.4 is 5.73 Å². The van der Waals surface area contributed by atoms with Crippen molar-refractivity contribution in [1.82, 2.24) is 4.31 Å². The summed E-state index contributed by atoms with van der Waals surface area (Å²) in [6.07, 6.45) is 3.63. The van der Waals surface area contributed by atoms with Gasteiger partial charge in [0, 0.05) is 25.9 Å². The molecule has 5 rings (SSSR count). The van der Waals surface area contributed by atoms with E-state index in [9.17, 15) is 13.2 Å². The second-order valence-corrected chi connectivity index (χ2v) is 12.0. The fraction of sp³-hybridized carbons (Fsp3) is 0.481. The summed E-state index contributed by atoms with van der Waals surface area (Å²) in [7, 11) is -3.47. The van der Waals surface area contributed by atoms with Gasteiger partial charge in [0.05, 0.1) is 24.4 Å². The zero-order chi connectivity index (χ0) is 25.2. The van der Waals surface area contributed by atoms with Gasteiger partial charge in [-0.15, -0.1) is 0 Å². The van der Waals surface area contributed by atoms with Crippen LogP contribution in [-0.2, 0) is 36.8 Å². The number of hydrogen-bond acceptors (Lipinski definition) is 6. The number of benzene rings is 2. The van der Waals surface area contributed by atoms with Crippen LogP contribution in [0.2, 0.25) is 0 Å². The third kappa shape index (κ3) is 5.05. The van der Waals surface area contributed by atoms with E-state index in [2.05, 4.69) is 5.16 Å². The second kappa shape index (κ2) is 10.3. The number of ether oxygens (including phenoxy) is 1. The quantitative estimate of drug-likeness (QED) is 0.585. The molecule has 0 aromatic heterocycles. The van der Waals surface area contributed by atoms with Crippen LogP contribution in [0.25, 0.3) is 0 Å². The topological polar surface area (TPSA) is 111 Å². The van der Waals surface area contributed by atoms with Crippen molar-refractivity contribution in [2.24, 2.45) is 22.7 Å². The predicted octanol–water partition coefficient (Wildman–Crippen LogP) is 3.22. The highest BCUT2D eigenvalue weighted by atomic mass is 32.2. The van der Waals surface area contributed by atoms with Crippen molar-refractivity contribution in [2.75, 3.05) is 13.1 Å². The van der Waals surface area contributed by atoms with Crippen molar-refractivity contribution in [1.29, 1.82) is 0 Å². The second-order valence-electron chi connectivity index (χ2n) is 10.0. The van der Waals surface area contributed by atoms with Gasteiger partial charge in [-0.05, 0) is 29.9 Å². The van der Waals surface area contributed by atoms with Crippen LogP contribution in [0, 0.1) is 11.8 Å². The number of hydrogen-bond donors (Lipinski definition) is 1. The van der Waals surface area contributed by atoms with Crippen LogP contribution in [0.4, 0.5) is 0 Å². The largest absolute Gasteiger partial charge is 0.388 e. The molecule has 1 saturated heterocycles. The fourth-order valence-electron chi connectivity index (χ4n) is 6.04. The lowest BCUT2D eigenvalue weighted by atomic mass is 9.70. The summed E-state index contributed by atoms with van der Waals surface area (Å²) < 4.78 is 34.1. The summed E-state index contributed by atoms with van der Waals surface area (Å²) in [5, 5.41) is 4.16. The zero-order valence-corrected chi connectivity index (χ0v) is 21.1. The zero-order valence-electron chi connectivity index (χ0n) is 20.3. The number of primary amides is 1. The van der Waals surface area contributed by atoms with Crippen LogP contribution >= 0.6 is 0 Å². The number of amides is 1. The molecule has 2 aromatic carbocycles. The van der Waals surface area contributed by atoms with Crippen LogP contribution in [-0.4, -0.2) is 49.1 Å². The molecule has 3 aliphatic rings. The van der Waals surface area contributed by atoms with Gasteiger partial charge in [-0.2, -0.15) is 0 Å². The molecule has 9 heteroatoms. The number of sulfonamides is 1. The molecule has 1 saturated carbocycles. The molecule has 1 aliphatic carbocycles. The first-order valence-electron chi connectivity index (χ1n) is 12.6. The summed E-state index contributed by atoms with van der Waals surface area (Å²) in [4.78, 5) is 18.4. The van der Waals surface area contributed by atoms with E-state index in [4.69, 9.17) is 15.3 Å². The molecular formula is C27H33N3O5S. The van der Waals surface area contributed by atoms with E-state index in [0.29, 0.717) is 32.5 Å². The molecule has 1 spiro atoms. The molecule has 8 nitrogen and oxygen atoms in total. The lowest BCUT2D eigenvalue weighted by Gasteiger charge is -2.43. The van der Waals surface area contributed by atoms with Gasteiger partial charge in [0.25, 0.3) is 5.91 Å². The molecule has 0 bridgehead atoms. The lowest BCUT2D eigenvalue weighted by Crippen LogP contribution is -2.55. The van der Waals surface area contributed by atoms with E-state index in [1.165, 1.54) is 4.31 Å². The summed E-state index contributed by atoms with van der Waals surface area (Å²) in [5.41, 5.74) is 7.12. The highest BCUT2D eigenvalue weighted by Crippen LogP contribution is 2.48. The Kier molecular flexibility index (Phi) is 7.14. The molecular weight excluding hydrogens is 478 g/mol. The molecule has 3 atom stereocenters. The number of rotatable bonds is 8. The molecule has 0 radical (unpaired) electrons. The maximum atomic E-state index is 13.1. The van der Waals surface area contributed by atoms with Crippen molar-refractivity contribution >= 4 is 21.6 Å². The Bertz CT molecular complexity index is 1190. The summed E-state index contributed by atoms with van der Waals surface area (Å²) in [6.45, 7) is 1.13. The van der Waals surface area contributed by atoms with Gasteiger partial charge >= 0.3 is 0 Å². The average molecular weight is 512 g/mol. The van der Waals surface area contributed by atoms with Crippen molar-refractivity contribution in [2.45, 2.75) is 56.2 Å². The number of oxime groups is 1. The maximum Gasteiger partial charge on any atom is 0.266 e. The minimum atomic E-state index is -3.47. The summed E-state index contributed by atoms with van der Waals surface area (Å²) in [6, 6.07) is 19.2.